The minimum atomic E-state index is 0.354. The van der Waals surface area contributed by atoms with Crippen LogP contribution in [0.3, 0.4) is 0 Å². The minimum Gasteiger partial charge on any atom is -0.381 e. The summed E-state index contributed by atoms with van der Waals surface area (Å²) in [4.78, 5) is 19.5. The molecule has 1 aromatic rings. The molecule has 2 heterocycles. The van der Waals surface area contributed by atoms with Crippen LogP contribution in [-0.2, 0) is 9.53 Å². The molecule has 0 bridgehead atoms. The van der Waals surface area contributed by atoms with Crippen molar-refractivity contribution in [2.45, 2.75) is 85.2 Å². The molecular formula is C30H49N3O2. The molecule has 3 aliphatic rings. The van der Waals surface area contributed by atoms with Crippen molar-refractivity contribution in [3.63, 3.8) is 0 Å². The van der Waals surface area contributed by atoms with E-state index in [0.29, 0.717) is 41.6 Å². The van der Waals surface area contributed by atoms with Crippen LogP contribution >= 0.6 is 0 Å². The summed E-state index contributed by atoms with van der Waals surface area (Å²) in [5.41, 5.74) is 5.08. The average Bonchev–Trinajstić information content (AvgIpc) is 2.82. The Bertz CT molecular complexity index is 848. The Morgan fingerprint density at radius 1 is 0.943 bits per heavy atom. The fraction of sp³-hybridized carbons (Fsp3) is 0.767. The van der Waals surface area contributed by atoms with Crippen LogP contribution in [0.2, 0.25) is 0 Å². The number of ether oxygens (including phenoxy) is 1. The lowest BCUT2D eigenvalue weighted by atomic mass is 9.60. The van der Waals surface area contributed by atoms with Crippen molar-refractivity contribution in [1.82, 2.24) is 4.90 Å². The number of hydrogen-bond acceptors (Lipinski definition) is 5. The van der Waals surface area contributed by atoms with Gasteiger partial charge in [0.05, 0.1) is 12.6 Å². The number of hydrogen-bond donors (Lipinski definition) is 0. The quantitative estimate of drug-likeness (QED) is 0.495. The van der Waals surface area contributed by atoms with Gasteiger partial charge in [-0.05, 0) is 72.6 Å². The van der Waals surface area contributed by atoms with E-state index in [1.54, 1.807) is 5.56 Å². The number of anilines is 2. The lowest BCUT2D eigenvalue weighted by Crippen LogP contribution is -2.48. The summed E-state index contributed by atoms with van der Waals surface area (Å²) in [5, 5.41) is 0. The van der Waals surface area contributed by atoms with Crippen molar-refractivity contribution in [1.29, 1.82) is 0 Å². The number of benzene rings is 1. The lowest BCUT2D eigenvalue weighted by molar-refractivity contribution is -0.119. The third-order valence-corrected chi connectivity index (χ3v) is 8.65. The summed E-state index contributed by atoms with van der Waals surface area (Å²) in [6.45, 7) is 18.5. The number of rotatable bonds is 7. The van der Waals surface area contributed by atoms with E-state index in [1.165, 1.54) is 30.6 Å². The zero-order valence-electron chi connectivity index (χ0n) is 23.2. The Morgan fingerprint density at radius 3 is 2.14 bits per heavy atom. The average molecular weight is 484 g/mol. The first-order valence-electron chi connectivity index (χ1n) is 14.0. The zero-order valence-corrected chi connectivity index (χ0v) is 23.2. The molecular weight excluding hydrogens is 434 g/mol. The van der Waals surface area contributed by atoms with Crippen LogP contribution in [0.25, 0.3) is 0 Å². The number of ketones is 1. The van der Waals surface area contributed by atoms with Gasteiger partial charge in [0.2, 0.25) is 0 Å². The van der Waals surface area contributed by atoms with Gasteiger partial charge in [0, 0.05) is 64.2 Å². The van der Waals surface area contributed by atoms with Gasteiger partial charge in [0.1, 0.15) is 5.78 Å². The van der Waals surface area contributed by atoms with Crippen LogP contribution < -0.4 is 9.80 Å². The van der Waals surface area contributed by atoms with E-state index >= 15 is 0 Å². The van der Waals surface area contributed by atoms with E-state index in [4.69, 9.17) is 4.74 Å². The number of piperidine rings is 1. The predicted molar refractivity (Wildman–Crippen MR) is 147 cm³/mol. The van der Waals surface area contributed by atoms with Crippen LogP contribution in [0.4, 0.5) is 11.4 Å². The van der Waals surface area contributed by atoms with E-state index < -0.39 is 0 Å². The van der Waals surface area contributed by atoms with Gasteiger partial charge in [-0.2, -0.15) is 0 Å². The molecule has 1 aromatic carbocycles. The van der Waals surface area contributed by atoms with Crippen molar-refractivity contribution in [3.05, 3.63) is 23.8 Å². The lowest BCUT2D eigenvalue weighted by Gasteiger charge is -2.46. The molecule has 0 atom stereocenters. The first-order valence-corrected chi connectivity index (χ1v) is 14.0. The second-order valence-corrected chi connectivity index (χ2v) is 12.9. The molecule has 0 amide bonds. The molecule has 1 saturated carbocycles. The van der Waals surface area contributed by atoms with E-state index in [0.717, 1.165) is 52.1 Å². The minimum absolute atomic E-state index is 0.354. The van der Waals surface area contributed by atoms with E-state index in [9.17, 15) is 4.79 Å². The third-order valence-electron chi connectivity index (χ3n) is 8.65. The van der Waals surface area contributed by atoms with Crippen LogP contribution in [0, 0.1) is 10.8 Å². The number of nitrogens with zero attached hydrogens (tertiary/aromatic N) is 3. The SMILES string of the molecule is CCC(=O)CN1CCN(c2ccc(N3CCC(OC)CC3)cc2C2CC(C)(C)CC(C)(C)C2)CC1. The zero-order chi connectivity index (χ0) is 25.2. The maximum absolute atomic E-state index is 12.0. The van der Waals surface area contributed by atoms with Gasteiger partial charge in [-0.25, -0.2) is 0 Å². The smallest absolute Gasteiger partial charge is 0.146 e. The molecule has 0 N–H and O–H groups in total. The highest BCUT2D eigenvalue weighted by atomic mass is 16.5. The summed E-state index contributed by atoms with van der Waals surface area (Å²) in [6, 6.07) is 7.31. The van der Waals surface area contributed by atoms with Crippen LogP contribution in [-0.4, -0.2) is 69.7 Å². The summed E-state index contributed by atoms with van der Waals surface area (Å²) in [5.74, 6) is 0.937. The Balaban J connectivity index is 1.59. The first-order chi connectivity index (χ1) is 16.6. The number of Topliss-reactive ketones (excluding diaryl/α,β-unsaturated/α-hetero) is 1. The highest BCUT2D eigenvalue weighted by molar-refractivity contribution is 5.80. The van der Waals surface area contributed by atoms with Gasteiger partial charge in [0.25, 0.3) is 0 Å². The maximum Gasteiger partial charge on any atom is 0.146 e. The number of carbonyl (C=O) groups is 1. The second kappa shape index (κ2) is 10.8. The van der Waals surface area contributed by atoms with E-state index in [1.807, 2.05) is 14.0 Å². The molecule has 5 nitrogen and oxygen atoms in total. The van der Waals surface area contributed by atoms with Crippen molar-refractivity contribution in [2.75, 3.05) is 62.7 Å². The van der Waals surface area contributed by atoms with Gasteiger partial charge < -0.3 is 14.5 Å². The number of carbonyl (C=O) groups excluding carboxylic acids is 1. The number of piperazine rings is 1. The third kappa shape index (κ3) is 6.60. The normalized spacial score (nSPS) is 24.1. The molecule has 3 fully saturated rings. The predicted octanol–water partition coefficient (Wildman–Crippen LogP) is 5.72. The molecule has 196 valence electrons. The van der Waals surface area contributed by atoms with Crippen LogP contribution in [0.1, 0.15) is 84.6 Å². The van der Waals surface area contributed by atoms with Gasteiger partial charge in [-0.3, -0.25) is 9.69 Å². The monoisotopic (exact) mass is 483 g/mol. The molecule has 4 rings (SSSR count). The Labute approximate surface area is 214 Å². The van der Waals surface area contributed by atoms with Crippen molar-refractivity contribution < 1.29 is 9.53 Å². The fourth-order valence-corrected chi connectivity index (χ4v) is 7.28. The van der Waals surface area contributed by atoms with Crippen molar-refractivity contribution in [2.24, 2.45) is 10.8 Å². The molecule has 1 aliphatic carbocycles. The van der Waals surface area contributed by atoms with Crippen LogP contribution in [0.5, 0.6) is 0 Å². The second-order valence-electron chi connectivity index (χ2n) is 12.9. The molecule has 0 aromatic heterocycles. The Hall–Kier alpha value is -1.59. The summed E-state index contributed by atoms with van der Waals surface area (Å²) >= 11 is 0. The van der Waals surface area contributed by atoms with Crippen molar-refractivity contribution in [3.8, 4) is 0 Å². The highest BCUT2D eigenvalue weighted by Gasteiger charge is 2.40. The molecule has 2 aliphatic heterocycles. The largest absolute Gasteiger partial charge is 0.381 e. The Kier molecular flexibility index (Phi) is 8.17. The molecule has 0 spiro atoms. The Morgan fingerprint density at radius 2 is 1.57 bits per heavy atom. The summed E-state index contributed by atoms with van der Waals surface area (Å²) in [7, 11) is 1.84. The highest BCUT2D eigenvalue weighted by Crippen LogP contribution is 2.53. The molecule has 2 saturated heterocycles. The van der Waals surface area contributed by atoms with Gasteiger partial charge in [-0.15, -0.1) is 0 Å². The fourth-order valence-electron chi connectivity index (χ4n) is 7.28. The van der Waals surface area contributed by atoms with Crippen LogP contribution in [0.15, 0.2) is 18.2 Å². The van der Waals surface area contributed by atoms with E-state index in [-0.39, 0.29) is 0 Å². The maximum atomic E-state index is 12.0. The first kappa shape index (κ1) is 26.5. The van der Waals surface area contributed by atoms with E-state index in [2.05, 4.69) is 60.6 Å². The standard InChI is InChI=1S/C30H49N3O2/c1-7-25(34)21-31-14-16-33(17-15-31)28-9-8-24(32-12-10-26(35-6)11-13-32)18-27(28)23-19-29(2,3)22-30(4,5)20-23/h8-9,18,23,26H,7,10-17,19-22H2,1-6H3. The van der Waals surface area contributed by atoms with Gasteiger partial charge in [-0.1, -0.05) is 34.6 Å². The molecule has 0 unspecified atom stereocenters. The topological polar surface area (TPSA) is 36.0 Å². The van der Waals surface area contributed by atoms with Gasteiger partial charge >= 0.3 is 0 Å². The summed E-state index contributed by atoms with van der Waals surface area (Å²) in [6.07, 6.45) is 7.06. The van der Waals surface area contributed by atoms with Crippen molar-refractivity contribution >= 4 is 17.2 Å². The molecule has 0 radical (unpaired) electrons. The summed E-state index contributed by atoms with van der Waals surface area (Å²) < 4.78 is 5.62. The molecule has 5 heteroatoms. The molecule has 35 heavy (non-hydrogen) atoms. The van der Waals surface area contributed by atoms with Gasteiger partial charge in [0.15, 0.2) is 0 Å². The number of methoxy groups -OCH3 is 1.